The summed E-state index contributed by atoms with van der Waals surface area (Å²) >= 11 is 5.94. The lowest BCUT2D eigenvalue weighted by atomic mass is 10.2. The molecule has 1 aromatic carbocycles. The minimum absolute atomic E-state index is 0.362. The zero-order chi connectivity index (χ0) is 14.9. The highest BCUT2D eigenvalue weighted by atomic mass is 35.5. The van der Waals surface area contributed by atoms with Crippen molar-refractivity contribution >= 4 is 17.6 Å². The predicted molar refractivity (Wildman–Crippen MR) is 66.9 cm³/mol. The molecule has 0 fully saturated rings. The van der Waals surface area contributed by atoms with E-state index < -0.39 is 18.3 Å². The molecule has 0 unspecified atom stereocenters. The Balaban J connectivity index is 2.59. The van der Waals surface area contributed by atoms with Crippen LogP contribution in [-0.4, -0.2) is 27.5 Å². The van der Waals surface area contributed by atoms with E-state index >= 15 is 0 Å². The van der Waals surface area contributed by atoms with Crippen LogP contribution in [0.2, 0.25) is 5.02 Å². The molecule has 1 aromatic heterocycles. The first kappa shape index (κ1) is 14.3. The van der Waals surface area contributed by atoms with Crippen molar-refractivity contribution in [1.82, 2.24) is 9.78 Å². The quantitative estimate of drug-likeness (QED) is 0.942. The topological polar surface area (TPSA) is 64.4 Å². The number of carboxylic acid groups (broad SMARTS) is 1. The highest BCUT2D eigenvalue weighted by Gasteiger charge is 2.19. The molecule has 0 atom stereocenters. The van der Waals surface area contributed by atoms with Crippen molar-refractivity contribution in [3.8, 4) is 11.6 Å². The molecule has 0 saturated heterocycles. The summed E-state index contributed by atoms with van der Waals surface area (Å²) in [7, 11) is 0. The van der Waals surface area contributed by atoms with Crippen LogP contribution in [-0.2, 0) is 0 Å². The van der Waals surface area contributed by atoms with E-state index in [1.165, 1.54) is 0 Å². The highest BCUT2D eigenvalue weighted by Crippen LogP contribution is 2.27. The summed E-state index contributed by atoms with van der Waals surface area (Å²) in [5.41, 5.74) is 0.522. The molecule has 0 bridgehead atoms. The summed E-state index contributed by atoms with van der Waals surface area (Å²) in [5.74, 6) is -1.72. The molecule has 0 aliphatic carbocycles. The van der Waals surface area contributed by atoms with Gasteiger partial charge in [-0.05, 0) is 24.6 Å². The Morgan fingerprint density at radius 2 is 2.20 bits per heavy atom. The van der Waals surface area contributed by atoms with Crippen LogP contribution >= 0.6 is 11.6 Å². The van der Waals surface area contributed by atoms with Crippen molar-refractivity contribution in [1.29, 1.82) is 0 Å². The number of hydrogen-bond donors (Lipinski definition) is 1. The summed E-state index contributed by atoms with van der Waals surface area (Å²) in [6.45, 7) is -1.43. The van der Waals surface area contributed by atoms with Gasteiger partial charge in [-0.2, -0.15) is 18.6 Å². The molecular weight excluding hydrogens is 294 g/mol. The summed E-state index contributed by atoms with van der Waals surface area (Å²) < 4.78 is 30.0. The standard InChI is InChI=1S/C12H9ClF2N2O3/c1-6-7(13)3-2-4-9(6)17-10(20-12(14)15)5-8(16-17)11(18)19/h2-5,12H,1H3,(H,18,19). The molecule has 20 heavy (non-hydrogen) atoms. The average molecular weight is 303 g/mol. The fraction of sp³-hybridized carbons (Fsp3) is 0.167. The first-order valence-corrected chi connectivity index (χ1v) is 5.81. The third-order valence-corrected chi connectivity index (χ3v) is 2.98. The number of hydrogen-bond acceptors (Lipinski definition) is 3. The molecule has 8 heteroatoms. The van der Waals surface area contributed by atoms with E-state index in [0.717, 1.165) is 10.7 Å². The lowest BCUT2D eigenvalue weighted by Crippen LogP contribution is -2.09. The lowest BCUT2D eigenvalue weighted by molar-refractivity contribution is -0.0544. The van der Waals surface area contributed by atoms with E-state index in [-0.39, 0.29) is 5.88 Å². The van der Waals surface area contributed by atoms with Gasteiger partial charge < -0.3 is 9.84 Å². The van der Waals surface area contributed by atoms with Gasteiger partial charge in [0.05, 0.1) is 5.69 Å². The van der Waals surface area contributed by atoms with Crippen LogP contribution in [0.3, 0.4) is 0 Å². The van der Waals surface area contributed by atoms with Gasteiger partial charge in [0.25, 0.3) is 0 Å². The van der Waals surface area contributed by atoms with Gasteiger partial charge in [0.1, 0.15) is 0 Å². The number of aromatic carboxylic acids is 1. The van der Waals surface area contributed by atoms with Crippen LogP contribution in [0.5, 0.6) is 5.88 Å². The number of ether oxygens (including phenoxy) is 1. The van der Waals surface area contributed by atoms with Crippen molar-refractivity contribution in [3.05, 3.63) is 40.5 Å². The Morgan fingerprint density at radius 1 is 1.50 bits per heavy atom. The summed E-state index contributed by atoms with van der Waals surface area (Å²) in [4.78, 5) is 10.9. The largest absolute Gasteiger partial charge is 0.476 e. The van der Waals surface area contributed by atoms with Gasteiger partial charge >= 0.3 is 12.6 Å². The minimum Gasteiger partial charge on any atom is -0.476 e. The number of carbonyl (C=O) groups is 1. The molecule has 0 aliphatic heterocycles. The molecule has 0 spiro atoms. The summed E-state index contributed by atoms with van der Waals surface area (Å²) in [5, 5.41) is 13.0. The van der Waals surface area contributed by atoms with Crippen molar-refractivity contribution in [2.75, 3.05) is 0 Å². The Bertz CT molecular complexity index is 658. The molecule has 2 rings (SSSR count). The van der Waals surface area contributed by atoms with E-state index in [1.54, 1.807) is 25.1 Å². The molecule has 106 valence electrons. The maximum absolute atomic E-state index is 12.4. The zero-order valence-corrected chi connectivity index (χ0v) is 10.9. The van der Waals surface area contributed by atoms with Crippen molar-refractivity contribution < 1.29 is 23.4 Å². The van der Waals surface area contributed by atoms with E-state index in [0.29, 0.717) is 16.3 Å². The Labute approximate surface area is 117 Å². The number of alkyl halides is 2. The van der Waals surface area contributed by atoms with Crippen LogP contribution < -0.4 is 4.74 Å². The monoisotopic (exact) mass is 302 g/mol. The third-order valence-electron chi connectivity index (χ3n) is 2.57. The van der Waals surface area contributed by atoms with Crippen LogP contribution in [0.25, 0.3) is 5.69 Å². The van der Waals surface area contributed by atoms with E-state index in [9.17, 15) is 13.6 Å². The number of carboxylic acids is 1. The van der Waals surface area contributed by atoms with Crippen LogP contribution in [0.15, 0.2) is 24.3 Å². The van der Waals surface area contributed by atoms with Crippen LogP contribution in [0, 0.1) is 6.92 Å². The number of halogens is 3. The fourth-order valence-electron chi connectivity index (χ4n) is 1.64. The summed E-state index contributed by atoms with van der Waals surface area (Å²) in [6, 6.07) is 5.71. The number of nitrogens with zero attached hydrogens (tertiary/aromatic N) is 2. The van der Waals surface area contributed by atoms with Gasteiger partial charge in [0.2, 0.25) is 5.88 Å². The molecule has 1 heterocycles. The second-order valence-electron chi connectivity index (χ2n) is 3.85. The normalized spacial score (nSPS) is 10.8. The lowest BCUT2D eigenvalue weighted by Gasteiger charge is -2.11. The minimum atomic E-state index is -3.09. The summed E-state index contributed by atoms with van der Waals surface area (Å²) in [6.07, 6.45) is 0. The fourth-order valence-corrected chi connectivity index (χ4v) is 1.81. The molecule has 1 N–H and O–H groups in total. The van der Waals surface area contributed by atoms with Gasteiger partial charge in [-0.1, -0.05) is 17.7 Å². The smallest absolute Gasteiger partial charge is 0.388 e. The van der Waals surface area contributed by atoms with Crippen LogP contribution in [0.1, 0.15) is 16.1 Å². The maximum Gasteiger partial charge on any atom is 0.388 e. The van der Waals surface area contributed by atoms with E-state index in [4.69, 9.17) is 16.7 Å². The average Bonchev–Trinajstić information content (AvgIpc) is 2.76. The second-order valence-corrected chi connectivity index (χ2v) is 4.25. The molecular formula is C12H9ClF2N2O3. The third kappa shape index (κ3) is 2.72. The van der Waals surface area contributed by atoms with Gasteiger partial charge in [-0.25, -0.2) is 4.79 Å². The molecule has 5 nitrogen and oxygen atoms in total. The first-order valence-electron chi connectivity index (χ1n) is 5.44. The SMILES string of the molecule is Cc1c(Cl)cccc1-n1nc(C(=O)O)cc1OC(F)F. The Morgan fingerprint density at radius 3 is 2.80 bits per heavy atom. The number of aromatic nitrogens is 2. The highest BCUT2D eigenvalue weighted by molar-refractivity contribution is 6.31. The van der Waals surface area contributed by atoms with Gasteiger partial charge in [-0.3, -0.25) is 0 Å². The Hall–Kier alpha value is -2.15. The van der Waals surface area contributed by atoms with Crippen LogP contribution in [0.4, 0.5) is 8.78 Å². The number of benzene rings is 1. The van der Waals surface area contributed by atoms with Gasteiger partial charge in [0, 0.05) is 11.1 Å². The van der Waals surface area contributed by atoms with E-state index in [1.807, 2.05) is 0 Å². The zero-order valence-electron chi connectivity index (χ0n) is 10.2. The number of rotatable bonds is 4. The molecule has 0 aliphatic rings. The molecule has 0 saturated carbocycles. The van der Waals surface area contributed by atoms with Gasteiger partial charge in [-0.15, -0.1) is 0 Å². The van der Waals surface area contributed by atoms with Gasteiger partial charge in [0.15, 0.2) is 5.69 Å². The predicted octanol–water partition coefficient (Wildman–Crippen LogP) is 3.13. The Kier molecular flexibility index (Phi) is 3.89. The van der Waals surface area contributed by atoms with E-state index in [2.05, 4.69) is 9.84 Å². The second kappa shape index (κ2) is 5.46. The first-order chi connectivity index (χ1) is 9.40. The maximum atomic E-state index is 12.4. The van der Waals surface area contributed by atoms with Crippen molar-refractivity contribution in [2.24, 2.45) is 0 Å². The van der Waals surface area contributed by atoms with Crippen molar-refractivity contribution in [3.63, 3.8) is 0 Å². The van der Waals surface area contributed by atoms with Crippen molar-refractivity contribution in [2.45, 2.75) is 13.5 Å². The molecule has 2 aromatic rings. The molecule has 0 radical (unpaired) electrons. The molecule has 0 amide bonds.